The minimum Gasteiger partial charge on any atom is -0.463 e. The van der Waals surface area contributed by atoms with Crippen LogP contribution in [0.3, 0.4) is 0 Å². The van der Waals surface area contributed by atoms with E-state index in [1.807, 2.05) is 32.9 Å². The Morgan fingerprint density at radius 2 is 1.43 bits per heavy atom. The lowest BCUT2D eigenvalue weighted by Gasteiger charge is -2.28. The average Bonchev–Trinajstić information content (AvgIpc) is 2.83. The Labute approximate surface area is 215 Å². The van der Waals surface area contributed by atoms with Crippen LogP contribution < -0.4 is 5.32 Å². The van der Waals surface area contributed by atoms with Crippen LogP contribution in [0.5, 0.6) is 0 Å². The molecule has 0 radical (unpaired) electrons. The number of ether oxygens (including phenoxy) is 2. The highest BCUT2D eigenvalue weighted by Gasteiger charge is 2.39. The molecule has 0 fully saturated rings. The van der Waals surface area contributed by atoms with Crippen LogP contribution in [0.1, 0.15) is 58.4 Å². The van der Waals surface area contributed by atoms with Gasteiger partial charge >= 0.3 is 20.9 Å². The summed E-state index contributed by atoms with van der Waals surface area (Å²) in [6.45, 7) is 8.55. The van der Waals surface area contributed by atoms with Gasteiger partial charge in [-0.15, -0.1) is 0 Å². The van der Waals surface area contributed by atoms with E-state index in [0.717, 1.165) is 31.2 Å². The second-order valence-electron chi connectivity index (χ2n) is 7.61. The van der Waals surface area contributed by atoms with Gasteiger partial charge < -0.3 is 28.1 Å². The smallest absolute Gasteiger partial charge is 0.463 e. The minimum absolute atomic E-state index is 0.352. The lowest BCUT2D eigenvalue weighted by Crippen LogP contribution is -2.46. The van der Waals surface area contributed by atoms with E-state index in [1.54, 1.807) is 18.2 Å². The van der Waals surface area contributed by atoms with E-state index in [4.69, 9.17) is 34.4 Å². The Kier molecular flexibility index (Phi) is 17.2. The topological polar surface area (TPSA) is 92.3 Å². The number of alkyl carbamates (subject to hydrolysis) is 1. The van der Waals surface area contributed by atoms with Crippen LogP contribution in [0.4, 0.5) is 4.79 Å². The van der Waals surface area contributed by atoms with E-state index in [-0.39, 0.29) is 5.97 Å². The molecule has 0 saturated carbocycles. The molecule has 198 valence electrons. The fraction of sp³-hybridized carbons (Fsp3) is 0.600. The Bertz CT molecular complexity index is 729. The van der Waals surface area contributed by atoms with Crippen molar-refractivity contribution in [1.29, 1.82) is 0 Å². The lowest BCUT2D eigenvalue weighted by molar-refractivity contribution is -0.137. The van der Waals surface area contributed by atoms with Crippen molar-refractivity contribution in [3.8, 4) is 0 Å². The van der Waals surface area contributed by atoms with Crippen LogP contribution in [0, 0.1) is 0 Å². The third kappa shape index (κ3) is 14.9. The molecule has 1 N–H and O–H groups in total. The molecule has 1 rings (SSSR count). The summed E-state index contributed by atoms with van der Waals surface area (Å²) in [5.74, 6) is -0.372. The van der Waals surface area contributed by atoms with E-state index in [2.05, 4.69) is 5.32 Å². The number of hydrogen-bond acceptors (Lipinski definition) is 7. The summed E-state index contributed by atoms with van der Waals surface area (Å²) in [5.41, 5.74) is 0.881. The van der Waals surface area contributed by atoms with Gasteiger partial charge in [0.2, 0.25) is 0 Å². The second kappa shape index (κ2) is 19.3. The van der Waals surface area contributed by atoms with Crippen molar-refractivity contribution in [2.75, 3.05) is 39.6 Å². The van der Waals surface area contributed by atoms with Gasteiger partial charge in [-0.2, -0.15) is 0 Å². The first-order chi connectivity index (χ1) is 16.9. The quantitative estimate of drug-likeness (QED) is 0.107. The maximum atomic E-state index is 11.8. The third-order valence-electron chi connectivity index (χ3n) is 4.82. The van der Waals surface area contributed by atoms with Crippen LogP contribution in [0.15, 0.2) is 30.3 Å². The zero-order valence-corrected chi connectivity index (χ0v) is 22.9. The average molecular weight is 530 g/mol. The van der Waals surface area contributed by atoms with Crippen LogP contribution in [-0.4, -0.2) is 60.4 Å². The number of amides is 1. The number of halogens is 1. The van der Waals surface area contributed by atoms with Crippen LogP contribution in [0.2, 0.25) is 11.1 Å². The Hall–Kier alpha value is -1.91. The van der Waals surface area contributed by atoms with Gasteiger partial charge in [-0.1, -0.05) is 23.7 Å². The number of rotatable bonds is 19. The highest BCUT2D eigenvalue weighted by atomic mass is 35.5. The summed E-state index contributed by atoms with van der Waals surface area (Å²) in [4.78, 5) is 23.6. The molecule has 8 nitrogen and oxygen atoms in total. The van der Waals surface area contributed by atoms with E-state index in [0.29, 0.717) is 57.1 Å². The van der Waals surface area contributed by atoms with Crippen molar-refractivity contribution in [2.24, 2.45) is 0 Å². The molecule has 0 unspecified atom stereocenters. The zero-order valence-electron chi connectivity index (χ0n) is 21.2. The third-order valence-corrected chi connectivity index (χ3v) is 8.22. The molecule has 0 aliphatic heterocycles. The van der Waals surface area contributed by atoms with Gasteiger partial charge in [0.05, 0.1) is 13.2 Å². The molecule has 35 heavy (non-hydrogen) atoms. The van der Waals surface area contributed by atoms with Crippen LogP contribution in [0.25, 0.3) is 6.08 Å². The maximum Gasteiger partial charge on any atom is 0.500 e. The molecule has 0 saturated heterocycles. The van der Waals surface area contributed by atoms with E-state index in [1.165, 1.54) is 6.08 Å². The predicted octanol–water partition coefficient (Wildman–Crippen LogP) is 5.62. The van der Waals surface area contributed by atoms with Crippen molar-refractivity contribution in [2.45, 2.75) is 58.9 Å². The molecule has 0 atom stereocenters. The number of carbonyl (C=O) groups excluding carboxylic acids is 2. The first-order valence-electron chi connectivity index (χ1n) is 12.4. The number of hydrogen-bond donors (Lipinski definition) is 1. The molecule has 10 heteroatoms. The number of unbranched alkanes of at least 4 members (excludes halogenated alkanes) is 3. The summed E-state index contributed by atoms with van der Waals surface area (Å²) >= 11 is 5.83. The fourth-order valence-electron chi connectivity index (χ4n) is 3.23. The normalized spacial score (nSPS) is 11.5. The molecule has 1 amide bonds. The lowest BCUT2D eigenvalue weighted by atomic mass is 10.2. The number of nitrogens with one attached hydrogen (secondary N) is 1. The van der Waals surface area contributed by atoms with Crippen LogP contribution >= 0.6 is 11.6 Å². The van der Waals surface area contributed by atoms with Gasteiger partial charge in [0.1, 0.15) is 0 Å². The van der Waals surface area contributed by atoms with Crippen molar-refractivity contribution in [3.05, 3.63) is 40.9 Å². The molecule has 0 bridgehead atoms. The van der Waals surface area contributed by atoms with E-state index in [9.17, 15) is 9.59 Å². The highest BCUT2D eigenvalue weighted by Crippen LogP contribution is 2.17. The summed E-state index contributed by atoms with van der Waals surface area (Å²) in [7, 11) is -2.68. The van der Waals surface area contributed by atoms with Gasteiger partial charge in [-0.05, 0) is 76.6 Å². The summed E-state index contributed by atoms with van der Waals surface area (Å²) in [6.07, 6.45) is 6.65. The van der Waals surface area contributed by atoms with Gasteiger partial charge in [0.25, 0.3) is 0 Å². The SMILES string of the molecule is CCO[Si](CCCNC(=O)OCCCCCCOC(=O)/C=C/c1ccc(Cl)cc1)(OCC)OCC. The van der Waals surface area contributed by atoms with Gasteiger partial charge in [0.15, 0.2) is 0 Å². The van der Waals surface area contributed by atoms with Crippen LogP contribution in [-0.2, 0) is 27.5 Å². The maximum absolute atomic E-state index is 11.8. The highest BCUT2D eigenvalue weighted by molar-refractivity contribution is 6.60. The monoisotopic (exact) mass is 529 g/mol. The van der Waals surface area contributed by atoms with Crippen molar-refractivity contribution >= 4 is 38.5 Å². The minimum atomic E-state index is -2.68. The van der Waals surface area contributed by atoms with E-state index < -0.39 is 14.9 Å². The Balaban J connectivity index is 2.05. The molecular formula is C25H40ClNO7Si. The number of benzene rings is 1. The van der Waals surface area contributed by atoms with Gasteiger partial charge in [-0.3, -0.25) is 0 Å². The van der Waals surface area contributed by atoms with Crippen molar-refractivity contribution in [3.63, 3.8) is 0 Å². The summed E-state index contributed by atoms with van der Waals surface area (Å²) < 4.78 is 27.8. The fourth-order valence-corrected chi connectivity index (χ4v) is 5.97. The van der Waals surface area contributed by atoms with Crippen molar-refractivity contribution in [1.82, 2.24) is 5.32 Å². The molecular weight excluding hydrogens is 490 g/mol. The zero-order chi connectivity index (χ0) is 25.8. The molecule has 0 aliphatic carbocycles. The largest absolute Gasteiger partial charge is 0.500 e. The molecule has 1 aromatic carbocycles. The molecule has 1 aromatic rings. The summed E-state index contributed by atoms with van der Waals surface area (Å²) in [5, 5.41) is 3.41. The second-order valence-corrected chi connectivity index (χ2v) is 10.8. The number of carbonyl (C=O) groups is 2. The molecule has 0 aromatic heterocycles. The predicted molar refractivity (Wildman–Crippen MR) is 139 cm³/mol. The standard InChI is InChI=1S/C25H40ClNO7Si/c1-4-32-35(33-5-2,34-6-3)21-11-18-27-25(29)31-20-10-8-7-9-19-30-24(28)17-14-22-12-15-23(26)16-13-22/h12-17H,4-11,18-21H2,1-3H3,(H,27,29)/b17-14+. The van der Waals surface area contributed by atoms with Crippen molar-refractivity contribution < 1.29 is 32.3 Å². The first kappa shape index (κ1) is 31.1. The van der Waals surface area contributed by atoms with E-state index >= 15 is 0 Å². The first-order valence-corrected chi connectivity index (χ1v) is 14.7. The van der Waals surface area contributed by atoms with Gasteiger partial charge in [0, 0.05) is 43.5 Å². The summed E-state index contributed by atoms with van der Waals surface area (Å²) in [6, 6.07) is 7.83. The Morgan fingerprint density at radius 3 is 2.00 bits per heavy atom. The number of esters is 1. The molecule has 0 heterocycles. The molecule has 0 aliphatic rings. The Morgan fingerprint density at radius 1 is 0.857 bits per heavy atom. The molecule has 0 spiro atoms. The van der Waals surface area contributed by atoms with Gasteiger partial charge in [-0.25, -0.2) is 9.59 Å².